The molecule has 0 heterocycles. The molecular formula is C12H18F2N2O. The average molecular weight is 244 g/mol. The van der Waals surface area contributed by atoms with Gasteiger partial charge in [-0.05, 0) is 31.3 Å². The molecule has 1 aromatic carbocycles. The Labute approximate surface area is 100 Å². The summed E-state index contributed by atoms with van der Waals surface area (Å²) in [4.78, 5) is 2.13. The maximum atomic E-state index is 13.0. The maximum absolute atomic E-state index is 13.0. The molecule has 0 spiro atoms. The first-order valence-electron chi connectivity index (χ1n) is 5.60. The Hall–Kier alpha value is -1.20. The average Bonchev–Trinajstić information content (AvgIpc) is 2.31. The van der Waals surface area contributed by atoms with Crippen LogP contribution in [0.4, 0.5) is 8.78 Å². The van der Waals surface area contributed by atoms with Crippen LogP contribution in [-0.4, -0.2) is 36.7 Å². The summed E-state index contributed by atoms with van der Waals surface area (Å²) in [5, 5.41) is 12.0. The predicted molar refractivity (Wildman–Crippen MR) is 62.9 cm³/mol. The monoisotopic (exact) mass is 244 g/mol. The molecule has 0 bridgehead atoms. The molecule has 0 amide bonds. The first kappa shape index (κ1) is 13.9. The standard InChI is InChI=1S/C12H18F2N2O/c1-3-16(2)5-4-15-8-9-6-10(13)12(17)11(14)7-9/h6-7,15,17H,3-5,8H2,1-2H3. The van der Waals surface area contributed by atoms with Crippen molar-refractivity contribution in [1.29, 1.82) is 0 Å². The van der Waals surface area contributed by atoms with E-state index in [1.165, 1.54) is 0 Å². The van der Waals surface area contributed by atoms with Gasteiger partial charge < -0.3 is 15.3 Å². The molecule has 96 valence electrons. The Kier molecular flexibility index (Phi) is 5.31. The largest absolute Gasteiger partial charge is 0.503 e. The summed E-state index contributed by atoms with van der Waals surface area (Å²) in [7, 11) is 2.00. The Bertz CT molecular complexity index is 349. The quantitative estimate of drug-likeness (QED) is 0.748. The van der Waals surface area contributed by atoms with Gasteiger partial charge in [-0.15, -0.1) is 0 Å². The molecule has 3 nitrogen and oxygen atoms in total. The van der Waals surface area contributed by atoms with E-state index in [9.17, 15) is 8.78 Å². The SMILES string of the molecule is CCN(C)CCNCc1cc(F)c(O)c(F)c1. The minimum atomic E-state index is -0.924. The van der Waals surface area contributed by atoms with Crippen LogP contribution in [0.3, 0.4) is 0 Å². The second kappa shape index (κ2) is 6.51. The van der Waals surface area contributed by atoms with Gasteiger partial charge in [-0.25, -0.2) is 8.78 Å². The lowest BCUT2D eigenvalue weighted by atomic mass is 10.2. The molecule has 0 aliphatic carbocycles. The van der Waals surface area contributed by atoms with Crippen molar-refractivity contribution in [2.24, 2.45) is 0 Å². The van der Waals surface area contributed by atoms with Crippen LogP contribution >= 0.6 is 0 Å². The summed E-state index contributed by atoms with van der Waals surface area (Å²) >= 11 is 0. The smallest absolute Gasteiger partial charge is 0.187 e. The zero-order valence-corrected chi connectivity index (χ0v) is 10.1. The van der Waals surface area contributed by atoms with Gasteiger partial charge in [0.1, 0.15) is 0 Å². The second-order valence-corrected chi connectivity index (χ2v) is 3.98. The first-order chi connectivity index (χ1) is 8.04. The van der Waals surface area contributed by atoms with Crippen molar-refractivity contribution in [2.45, 2.75) is 13.5 Å². The number of nitrogens with zero attached hydrogens (tertiary/aromatic N) is 1. The molecule has 0 aliphatic rings. The number of hydrogen-bond donors (Lipinski definition) is 2. The van der Waals surface area contributed by atoms with Crippen LogP contribution in [0.1, 0.15) is 12.5 Å². The predicted octanol–water partition coefficient (Wildman–Crippen LogP) is 1.71. The third kappa shape index (κ3) is 4.28. The highest BCUT2D eigenvalue weighted by atomic mass is 19.1. The number of phenols is 1. The second-order valence-electron chi connectivity index (χ2n) is 3.98. The molecule has 1 aromatic rings. The van der Waals surface area contributed by atoms with E-state index in [0.717, 1.165) is 31.8 Å². The Morgan fingerprint density at radius 3 is 2.41 bits per heavy atom. The molecule has 0 radical (unpaired) electrons. The molecule has 0 aliphatic heterocycles. The fourth-order valence-corrected chi connectivity index (χ4v) is 1.38. The van der Waals surface area contributed by atoms with Crippen molar-refractivity contribution in [2.75, 3.05) is 26.7 Å². The van der Waals surface area contributed by atoms with Gasteiger partial charge in [0.15, 0.2) is 17.4 Å². The summed E-state index contributed by atoms with van der Waals surface area (Å²) in [6.07, 6.45) is 0. The summed E-state index contributed by atoms with van der Waals surface area (Å²) < 4.78 is 26.0. The van der Waals surface area contributed by atoms with Crippen LogP contribution < -0.4 is 5.32 Å². The molecule has 2 N–H and O–H groups in total. The number of nitrogens with one attached hydrogen (secondary N) is 1. The van der Waals surface area contributed by atoms with Crippen LogP contribution in [0, 0.1) is 11.6 Å². The lowest BCUT2D eigenvalue weighted by molar-refractivity contribution is 0.348. The van der Waals surface area contributed by atoms with E-state index < -0.39 is 17.4 Å². The molecular weight excluding hydrogens is 226 g/mol. The minimum absolute atomic E-state index is 0.381. The minimum Gasteiger partial charge on any atom is -0.503 e. The van der Waals surface area contributed by atoms with Gasteiger partial charge in [0, 0.05) is 19.6 Å². The molecule has 0 atom stereocenters. The third-order valence-electron chi connectivity index (χ3n) is 2.62. The van der Waals surface area contributed by atoms with Gasteiger partial charge in [-0.2, -0.15) is 0 Å². The van der Waals surface area contributed by atoms with Gasteiger partial charge in [0.05, 0.1) is 0 Å². The van der Waals surface area contributed by atoms with Crippen molar-refractivity contribution in [3.05, 3.63) is 29.3 Å². The molecule has 5 heteroatoms. The molecule has 17 heavy (non-hydrogen) atoms. The summed E-state index contributed by atoms with van der Waals surface area (Å²) in [6, 6.07) is 2.27. The molecule has 1 rings (SSSR count). The normalized spacial score (nSPS) is 11.1. The van der Waals surface area contributed by atoms with E-state index in [1.54, 1.807) is 0 Å². The third-order valence-corrected chi connectivity index (χ3v) is 2.62. The van der Waals surface area contributed by atoms with Crippen LogP contribution in [0.2, 0.25) is 0 Å². The summed E-state index contributed by atoms with van der Waals surface area (Å²) in [6.45, 7) is 5.02. The lowest BCUT2D eigenvalue weighted by Crippen LogP contribution is -2.28. The molecule has 0 unspecified atom stereocenters. The van der Waals surface area contributed by atoms with Gasteiger partial charge in [-0.1, -0.05) is 6.92 Å². The number of likely N-dealkylation sites (N-methyl/N-ethyl adjacent to an activating group) is 1. The highest BCUT2D eigenvalue weighted by Gasteiger charge is 2.08. The number of rotatable bonds is 6. The first-order valence-corrected chi connectivity index (χ1v) is 5.60. The van der Waals surface area contributed by atoms with Gasteiger partial charge in [0.25, 0.3) is 0 Å². The molecule has 0 fully saturated rings. The Balaban J connectivity index is 2.42. The van der Waals surface area contributed by atoms with E-state index in [1.807, 2.05) is 7.05 Å². The van der Waals surface area contributed by atoms with Gasteiger partial charge in [-0.3, -0.25) is 0 Å². The highest BCUT2D eigenvalue weighted by Crippen LogP contribution is 2.21. The highest BCUT2D eigenvalue weighted by molar-refractivity contribution is 5.29. The maximum Gasteiger partial charge on any atom is 0.187 e. The van der Waals surface area contributed by atoms with Gasteiger partial charge >= 0.3 is 0 Å². The van der Waals surface area contributed by atoms with Crippen molar-refractivity contribution < 1.29 is 13.9 Å². The number of halogens is 2. The lowest BCUT2D eigenvalue weighted by Gasteiger charge is -2.14. The van der Waals surface area contributed by atoms with Crippen molar-refractivity contribution >= 4 is 0 Å². The van der Waals surface area contributed by atoms with Crippen molar-refractivity contribution in [3.63, 3.8) is 0 Å². The molecule has 0 saturated carbocycles. The van der Waals surface area contributed by atoms with Crippen LogP contribution in [-0.2, 0) is 6.54 Å². The molecule has 0 aromatic heterocycles. The van der Waals surface area contributed by atoms with E-state index >= 15 is 0 Å². The Morgan fingerprint density at radius 1 is 1.29 bits per heavy atom. The van der Waals surface area contributed by atoms with Gasteiger partial charge in [0.2, 0.25) is 0 Å². The van der Waals surface area contributed by atoms with Crippen molar-refractivity contribution in [3.8, 4) is 5.75 Å². The number of hydrogen-bond acceptors (Lipinski definition) is 3. The fourth-order valence-electron chi connectivity index (χ4n) is 1.38. The number of benzene rings is 1. The van der Waals surface area contributed by atoms with E-state index in [4.69, 9.17) is 5.11 Å². The van der Waals surface area contributed by atoms with Crippen LogP contribution in [0.5, 0.6) is 5.75 Å². The molecule has 0 saturated heterocycles. The summed E-state index contributed by atoms with van der Waals surface area (Å²) in [5.41, 5.74) is 0.483. The van der Waals surface area contributed by atoms with E-state index in [2.05, 4.69) is 17.1 Å². The number of aromatic hydroxyl groups is 1. The summed E-state index contributed by atoms with van der Waals surface area (Å²) in [5.74, 6) is -2.76. The number of phenolic OH excluding ortho intramolecular Hbond substituents is 1. The Morgan fingerprint density at radius 2 is 1.88 bits per heavy atom. The topological polar surface area (TPSA) is 35.5 Å². The zero-order chi connectivity index (χ0) is 12.8. The fraction of sp³-hybridized carbons (Fsp3) is 0.500. The van der Waals surface area contributed by atoms with Crippen molar-refractivity contribution in [1.82, 2.24) is 10.2 Å². The van der Waals surface area contributed by atoms with Crippen LogP contribution in [0.15, 0.2) is 12.1 Å². The van der Waals surface area contributed by atoms with E-state index in [-0.39, 0.29) is 0 Å². The zero-order valence-electron chi connectivity index (χ0n) is 10.1. The van der Waals surface area contributed by atoms with E-state index in [0.29, 0.717) is 12.1 Å². The van der Waals surface area contributed by atoms with Crippen LogP contribution in [0.25, 0.3) is 0 Å².